The van der Waals surface area contributed by atoms with E-state index >= 15 is 0 Å². The maximum atomic E-state index is 14.2. The van der Waals surface area contributed by atoms with Gasteiger partial charge in [-0.05, 0) is 59.0 Å². The first kappa shape index (κ1) is 28.6. The van der Waals surface area contributed by atoms with E-state index < -0.39 is 23.7 Å². The second-order valence-corrected chi connectivity index (χ2v) is 10.9. The van der Waals surface area contributed by atoms with Gasteiger partial charge < -0.3 is 36.0 Å². The molecule has 2 aromatic carbocycles. The van der Waals surface area contributed by atoms with Crippen LogP contribution in [0.5, 0.6) is 0 Å². The SMILES string of the molecule is Cc1c(F)c(N)cc(C(=O)Nc2cc(-n3cc(NC(O)OC(C)(C)C)nn3)ccc2N2CCN(C)CC2)c1Cl. The van der Waals surface area contributed by atoms with Crippen LogP contribution in [0, 0.1) is 12.7 Å². The Morgan fingerprint density at radius 1 is 1.23 bits per heavy atom. The Balaban J connectivity index is 1.65. The predicted octanol–water partition coefficient (Wildman–Crippen LogP) is 3.46. The van der Waals surface area contributed by atoms with Crippen LogP contribution in [0.3, 0.4) is 0 Å². The summed E-state index contributed by atoms with van der Waals surface area (Å²) in [5.74, 6) is -0.875. The maximum absolute atomic E-state index is 14.2. The van der Waals surface area contributed by atoms with Gasteiger partial charge in [0.15, 0.2) is 11.6 Å². The average Bonchev–Trinajstić information content (AvgIpc) is 3.32. The number of amides is 1. The van der Waals surface area contributed by atoms with E-state index in [1.807, 2.05) is 32.9 Å². The van der Waals surface area contributed by atoms with Crippen molar-refractivity contribution in [3.8, 4) is 5.69 Å². The van der Waals surface area contributed by atoms with Gasteiger partial charge in [-0.3, -0.25) is 4.79 Å². The molecule has 1 atom stereocenters. The lowest BCUT2D eigenvalue weighted by Crippen LogP contribution is -2.44. The van der Waals surface area contributed by atoms with E-state index in [4.69, 9.17) is 22.1 Å². The van der Waals surface area contributed by atoms with Crippen LogP contribution < -0.4 is 21.3 Å². The summed E-state index contributed by atoms with van der Waals surface area (Å²) in [5, 5.41) is 24.0. The van der Waals surface area contributed by atoms with E-state index in [9.17, 15) is 14.3 Å². The minimum atomic E-state index is -1.28. The second-order valence-electron chi connectivity index (χ2n) is 10.5. The number of benzene rings is 2. The molecular formula is C26H34ClFN8O3. The Kier molecular flexibility index (Phi) is 8.31. The first-order chi connectivity index (χ1) is 18.3. The number of anilines is 4. The number of aromatic nitrogens is 3. The number of aliphatic hydroxyl groups excluding tert-OH is 1. The molecule has 1 saturated heterocycles. The Hall–Kier alpha value is -3.45. The van der Waals surface area contributed by atoms with E-state index in [-0.39, 0.29) is 21.8 Å². The van der Waals surface area contributed by atoms with Crippen LogP contribution in [0.1, 0.15) is 36.7 Å². The fraction of sp³-hybridized carbons (Fsp3) is 0.423. The molecule has 1 fully saturated rings. The van der Waals surface area contributed by atoms with Crippen molar-refractivity contribution in [3.63, 3.8) is 0 Å². The zero-order valence-corrected chi connectivity index (χ0v) is 23.4. The molecule has 2 heterocycles. The fourth-order valence-electron chi connectivity index (χ4n) is 4.19. The molecule has 0 aliphatic carbocycles. The van der Waals surface area contributed by atoms with Crippen LogP contribution in [0.4, 0.5) is 27.3 Å². The summed E-state index contributed by atoms with van der Waals surface area (Å²) in [6.45, 7) is 10.2. The molecule has 0 bridgehead atoms. The van der Waals surface area contributed by atoms with Crippen LogP contribution in [0.2, 0.25) is 5.02 Å². The van der Waals surface area contributed by atoms with Crippen molar-refractivity contribution in [1.82, 2.24) is 19.9 Å². The van der Waals surface area contributed by atoms with Gasteiger partial charge in [-0.2, -0.15) is 0 Å². The summed E-state index contributed by atoms with van der Waals surface area (Å²) in [6.07, 6.45) is 0.313. The zero-order chi connectivity index (χ0) is 28.5. The van der Waals surface area contributed by atoms with Crippen molar-refractivity contribution >= 4 is 40.4 Å². The number of carbonyl (C=O) groups is 1. The minimum absolute atomic E-state index is 0.000437. The van der Waals surface area contributed by atoms with Gasteiger partial charge in [0.25, 0.3) is 5.91 Å². The Labute approximate surface area is 231 Å². The second kappa shape index (κ2) is 11.3. The summed E-state index contributed by atoms with van der Waals surface area (Å²) >= 11 is 6.32. The lowest BCUT2D eigenvalue weighted by Gasteiger charge is -2.35. The quantitative estimate of drug-likeness (QED) is 0.253. The highest BCUT2D eigenvalue weighted by Gasteiger charge is 2.23. The average molecular weight is 561 g/mol. The van der Waals surface area contributed by atoms with Crippen LogP contribution in [0.25, 0.3) is 5.69 Å². The monoisotopic (exact) mass is 560 g/mol. The molecule has 1 aromatic heterocycles. The number of rotatable bonds is 7. The van der Waals surface area contributed by atoms with Gasteiger partial charge in [-0.1, -0.05) is 16.8 Å². The number of nitrogens with two attached hydrogens (primary N) is 1. The molecule has 1 amide bonds. The summed E-state index contributed by atoms with van der Waals surface area (Å²) in [4.78, 5) is 17.7. The van der Waals surface area contributed by atoms with Crippen molar-refractivity contribution in [2.24, 2.45) is 0 Å². The number of ether oxygens (including phenoxy) is 1. The van der Waals surface area contributed by atoms with Gasteiger partial charge in [0, 0.05) is 31.7 Å². The maximum Gasteiger partial charge on any atom is 0.257 e. The molecule has 13 heteroatoms. The molecule has 11 nitrogen and oxygen atoms in total. The van der Waals surface area contributed by atoms with Gasteiger partial charge in [-0.15, -0.1) is 5.10 Å². The number of piperazine rings is 1. The Morgan fingerprint density at radius 2 is 1.92 bits per heavy atom. The third kappa shape index (κ3) is 6.77. The van der Waals surface area contributed by atoms with E-state index in [1.54, 1.807) is 12.3 Å². The van der Waals surface area contributed by atoms with Gasteiger partial charge in [0.05, 0.1) is 45.1 Å². The van der Waals surface area contributed by atoms with Crippen molar-refractivity contribution in [2.75, 3.05) is 54.5 Å². The standard InChI is InChI=1S/C26H34ClFN8O3/c1-15-22(27)17(13-18(29)23(15)28)24(37)30-19-12-16(6-7-20(19)35-10-8-34(5)9-11-35)36-14-21(32-33-36)31-25(38)39-26(2,3)4/h6-7,12-14,25,31,38H,8-11,29H2,1-5H3,(H,30,37). The fourth-order valence-corrected chi connectivity index (χ4v) is 4.41. The largest absolute Gasteiger partial charge is 0.396 e. The predicted molar refractivity (Wildman–Crippen MR) is 150 cm³/mol. The molecule has 39 heavy (non-hydrogen) atoms. The number of aliphatic hydroxyl groups is 1. The molecule has 0 radical (unpaired) electrons. The number of halogens is 2. The molecule has 1 unspecified atom stereocenters. The molecule has 3 aromatic rings. The van der Waals surface area contributed by atoms with Crippen molar-refractivity contribution in [3.05, 3.63) is 52.4 Å². The van der Waals surface area contributed by atoms with Crippen molar-refractivity contribution in [1.29, 1.82) is 0 Å². The summed E-state index contributed by atoms with van der Waals surface area (Å²) < 4.78 is 21.2. The van der Waals surface area contributed by atoms with Gasteiger partial charge in [0.2, 0.25) is 6.41 Å². The molecule has 5 N–H and O–H groups in total. The highest BCUT2D eigenvalue weighted by atomic mass is 35.5. The molecule has 0 saturated carbocycles. The number of nitrogens with one attached hydrogen (secondary N) is 2. The number of nitrogen functional groups attached to an aromatic ring is 1. The molecule has 0 spiro atoms. The topological polar surface area (TPSA) is 134 Å². The highest BCUT2D eigenvalue weighted by Crippen LogP contribution is 2.32. The molecule has 1 aliphatic rings. The van der Waals surface area contributed by atoms with E-state index in [0.717, 1.165) is 31.9 Å². The lowest BCUT2D eigenvalue weighted by molar-refractivity contribution is -0.148. The van der Waals surface area contributed by atoms with Crippen LogP contribution >= 0.6 is 11.6 Å². The molecule has 1 aliphatic heterocycles. The van der Waals surface area contributed by atoms with Crippen LogP contribution in [0.15, 0.2) is 30.5 Å². The van der Waals surface area contributed by atoms with Crippen LogP contribution in [-0.4, -0.2) is 76.1 Å². The van der Waals surface area contributed by atoms with Gasteiger partial charge in [-0.25, -0.2) is 9.07 Å². The van der Waals surface area contributed by atoms with Crippen molar-refractivity contribution < 1.29 is 19.0 Å². The summed E-state index contributed by atoms with van der Waals surface area (Å²) in [5.41, 5.74) is 7.17. The molecular weight excluding hydrogens is 527 g/mol. The first-order valence-corrected chi connectivity index (χ1v) is 12.9. The van der Waals surface area contributed by atoms with Gasteiger partial charge in [0.1, 0.15) is 0 Å². The van der Waals surface area contributed by atoms with E-state index in [2.05, 4.69) is 37.8 Å². The van der Waals surface area contributed by atoms with Crippen LogP contribution in [-0.2, 0) is 4.74 Å². The number of carbonyl (C=O) groups excluding carboxylic acids is 1. The Morgan fingerprint density at radius 3 is 2.59 bits per heavy atom. The summed E-state index contributed by atoms with van der Waals surface area (Å²) in [7, 11) is 2.06. The highest BCUT2D eigenvalue weighted by molar-refractivity contribution is 6.35. The van der Waals surface area contributed by atoms with Gasteiger partial charge >= 0.3 is 0 Å². The third-order valence-electron chi connectivity index (χ3n) is 6.26. The number of hydrogen-bond acceptors (Lipinski definition) is 9. The minimum Gasteiger partial charge on any atom is -0.396 e. The number of nitrogens with zero attached hydrogens (tertiary/aromatic N) is 5. The smallest absolute Gasteiger partial charge is 0.257 e. The number of likely N-dealkylation sites (N-methyl/N-ethyl adjacent to an activating group) is 1. The molecule has 210 valence electrons. The van der Waals surface area contributed by atoms with E-state index in [1.165, 1.54) is 17.7 Å². The lowest BCUT2D eigenvalue weighted by atomic mass is 10.1. The normalized spacial score (nSPS) is 15.3. The first-order valence-electron chi connectivity index (χ1n) is 12.5. The summed E-state index contributed by atoms with van der Waals surface area (Å²) in [6, 6.07) is 6.75. The molecule has 4 rings (SSSR count). The third-order valence-corrected chi connectivity index (χ3v) is 6.75. The number of hydrogen-bond donors (Lipinski definition) is 4. The Bertz CT molecular complexity index is 1350. The zero-order valence-electron chi connectivity index (χ0n) is 22.6. The van der Waals surface area contributed by atoms with E-state index in [0.29, 0.717) is 17.2 Å². The van der Waals surface area contributed by atoms with Crippen molar-refractivity contribution in [2.45, 2.75) is 39.7 Å².